The van der Waals surface area contributed by atoms with Crippen molar-refractivity contribution in [1.82, 2.24) is 5.12 Å². The summed E-state index contributed by atoms with van der Waals surface area (Å²) in [6.07, 6.45) is 1.53. The van der Waals surface area contributed by atoms with Crippen LogP contribution in [0.15, 0.2) is 12.7 Å². The van der Waals surface area contributed by atoms with Crippen molar-refractivity contribution in [3.8, 4) is 0 Å². The van der Waals surface area contributed by atoms with E-state index in [1.54, 1.807) is 6.92 Å². The van der Waals surface area contributed by atoms with Gasteiger partial charge in [0.25, 0.3) is 0 Å². The fourth-order valence-corrected chi connectivity index (χ4v) is 0.269. The minimum atomic E-state index is 0.330. The van der Waals surface area contributed by atoms with E-state index >= 15 is 0 Å². The van der Waals surface area contributed by atoms with Gasteiger partial charge in [-0.2, -0.15) is 0 Å². The first-order valence-electron chi connectivity index (χ1n) is 2.33. The molecule has 0 aliphatic carbocycles. The molecule has 0 heterocycles. The van der Waals surface area contributed by atoms with Gasteiger partial charge in [0.05, 0.1) is 0 Å². The summed E-state index contributed by atoms with van der Waals surface area (Å²) in [5, 5.41) is 0.688. The van der Waals surface area contributed by atoms with E-state index in [-0.39, 0.29) is 0 Å². The molecule has 42 valence electrons. The lowest BCUT2D eigenvalue weighted by Gasteiger charge is -2.01. The van der Waals surface area contributed by atoms with E-state index in [9.17, 15) is 4.48 Å². The van der Waals surface area contributed by atoms with E-state index in [4.69, 9.17) is 0 Å². The molecule has 0 unspecified atom stereocenters. The van der Waals surface area contributed by atoms with Gasteiger partial charge in [0.1, 0.15) is 0 Å². The molecule has 0 amide bonds. The molecule has 0 aliphatic heterocycles. The first-order chi connectivity index (χ1) is 3.31. The highest BCUT2D eigenvalue weighted by Gasteiger charge is 1.89. The number of hydrogen-bond acceptors (Lipinski definition) is 1. The molecule has 0 aromatic rings. The van der Waals surface area contributed by atoms with E-state index in [0.717, 1.165) is 0 Å². The maximum atomic E-state index is 11.9. The van der Waals surface area contributed by atoms with Gasteiger partial charge >= 0.3 is 0 Å². The van der Waals surface area contributed by atoms with Crippen LogP contribution in [-0.2, 0) is 0 Å². The molecule has 0 atom stereocenters. The summed E-state index contributed by atoms with van der Waals surface area (Å²) in [5.74, 6) is 0. The maximum absolute atomic E-state index is 11.9. The quantitative estimate of drug-likeness (QED) is 0.385. The summed E-state index contributed by atoms with van der Waals surface area (Å²) in [7, 11) is 0. The van der Waals surface area contributed by atoms with Gasteiger partial charge < -0.3 is 0 Å². The summed E-state index contributed by atoms with van der Waals surface area (Å²) in [6.45, 7) is 5.89. The molecule has 0 aliphatic rings. The van der Waals surface area contributed by atoms with Crippen molar-refractivity contribution in [2.75, 3.05) is 13.1 Å². The van der Waals surface area contributed by atoms with Crippen molar-refractivity contribution in [2.45, 2.75) is 6.92 Å². The summed E-state index contributed by atoms with van der Waals surface area (Å²) >= 11 is 0. The maximum Gasteiger partial charge on any atom is 0.0468 e. The molecule has 0 rings (SSSR count). The van der Waals surface area contributed by atoms with E-state index in [0.29, 0.717) is 18.2 Å². The van der Waals surface area contributed by atoms with Gasteiger partial charge in [0, 0.05) is 13.1 Å². The minimum absolute atomic E-state index is 0.330. The molecular weight excluding hydrogens is 93.1 g/mol. The first kappa shape index (κ1) is 6.63. The molecule has 0 saturated carbocycles. The van der Waals surface area contributed by atoms with Crippen LogP contribution in [0.25, 0.3) is 0 Å². The lowest BCUT2D eigenvalue weighted by molar-refractivity contribution is 0.0472. The van der Waals surface area contributed by atoms with Crippen LogP contribution >= 0.6 is 0 Å². The van der Waals surface area contributed by atoms with Crippen LogP contribution in [0.3, 0.4) is 0 Å². The molecule has 0 radical (unpaired) electrons. The zero-order valence-electron chi connectivity index (χ0n) is 4.52. The summed E-state index contributed by atoms with van der Waals surface area (Å²) in [6, 6.07) is 0. The number of halogens is 1. The van der Waals surface area contributed by atoms with E-state index in [2.05, 4.69) is 6.58 Å². The van der Waals surface area contributed by atoms with Gasteiger partial charge in [-0.25, -0.2) is 0 Å². The Morgan fingerprint density at radius 1 is 1.86 bits per heavy atom. The lowest BCUT2D eigenvalue weighted by atomic mass is 10.6. The molecular formula is C5H10FN. The first-order valence-corrected chi connectivity index (χ1v) is 2.33. The van der Waals surface area contributed by atoms with Crippen LogP contribution in [0.1, 0.15) is 6.92 Å². The predicted octanol–water partition coefficient (Wildman–Crippen LogP) is 1.38. The van der Waals surface area contributed by atoms with Crippen molar-refractivity contribution in [1.29, 1.82) is 0 Å². The fourth-order valence-electron chi connectivity index (χ4n) is 0.269. The second-order valence-electron chi connectivity index (χ2n) is 1.25. The Balaban J connectivity index is 2.98. The van der Waals surface area contributed by atoms with Gasteiger partial charge in [-0.05, 0) is 6.92 Å². The topological polar surface area (TPSA) is 3.24 Å². The number of hydrogen-bond donors (Lipinski definition) is 0. The molecule has 1 nitrogen and oxygen atoms in total. The van der Waals surface area contributed by atoms with Gasteiger partial charge in [-0.15, -0.1) is 16.2 Å². The second-order valence-corrected chi connectivity index (χ2v) is 1.25. The van der Waals surface area contributed by atoms with Crippen molar-refractivity contribution in [3.63, 3.8) is 0 Å². The molecule has 2 heteroatoms. The molecule has 0 fully saturated rings. The van der Waals surface area contributed by atoms with E-state index in [1.165, 1.54) is 6.08 Å². The molecule has 0 aromatic heterocycles. The van der Waals surface area contributed by atoms with Gasteiger partial charge in [0.15, 0.2) is 0 Å². The Morgan fingerprint density at radius 2 is 2.43 bits per heavy atom. The van der Waals surface area contributed by atoms with Crippen LogP contribution in [-0.4, -0.2) is 18.2 Å². The lowest BCUT2D eigenvalue weighted by Crippen LogP contribution is -2.11. The van der Waals surface area contributed by atoms with E-state index < -0.39 is 0 Å². The van der Waals surface area contributed by atoms with Crippen molar-refractivity contribution in [2.24, 2.45) is 0 Å². The van der Waals surface area contributed by atoms with Crippen molar-refractivity contribution in [3.05, 3.63) is 12.7 Å². The Bertz CT molecular complexity index is 54.0. The number of rotatable bonds is 3. The minimum Gasteiger partial charge on any atom is -0.143 e. The molecule has 0 spiro atoms. The van der Waals surface area contributed by atoms with Crippen molar-refractivity contribution < 1.29 is 4.48 Å². The second kappa shape index (κ2) is 3.81. The molecule has 0 N–H and O–H groups in total. The normalized spacial score (nSPS) is 9.57. The monoisotopic (exact) mass is 103 g/mol. The summed E-state index contributed by atoms with van der Waals surface area (Å²) in [4.78, 5) is 0. The zero-order valence-corrected chi connectivity index (χ0v) is 4.52. The van der Waals surface area contributed by atoms with Crippen LogP contribution in [0, 0.1) is 0 Å². The predicted molar refractivity (Wildman–Crippen MR) is 28.6 cm³/mol. The summed E-state index contributed by atoms with van der Waals surface area (Å²) < 4.78 is 11.9. The Hall–Kier alpha value is -0.370. The molecule has 7 heavy (non-hydrogen) atoms. The van der Waals surface area contributed by atoms with Crippen LogP contribution < -0.4 is 0 Å². The van der Waals surface area contributed by atoms with Crippen LogP contribution in [0.4, 0.5) is 4.48 Å². The third kappa shape index (κ3) is 3.46. The SMILES string of the molecule is C=CCN(F)CC. The highest BCUT2D eigenvalue weighted by Crippen LogP contribution is 1.84. The molecule has 0 aromatic carbocycles. The summed E-state index contributed by atoms with van der Waals surface area (Å²) in [5.41, 5.74) is 0. The largest absolute Gasteiger partial charge is 0.143 e. The van der Waals surface area contributed by atoms with Crippen LogP contribution in [0.5, 0.6) is 0 Å². The third-order valence-corrected chi connectivity index (χ3v) is 0.670. The van der Waals surface area contributed by atoms with E-state index in [1.807, 2.05) is 0 Å². The van der Waals surface area contributed by atoms with Gasteiger partial charge in [-0.3, -0.25) is 0 Å². The Kier molecular flexibility index (Phi) is 3.61. The smallest absolute Gasteiger partial charge is 0.0468 e. The number of nitrogens with zero attached hydrogens (tertiary/aromatic N) is 1. The molecule has 0 saturated heterocycles. The van der Waals surface area contributed by atoms with Crippen molar-refractivity contribution >= 4 is 0 Å². The molecule has 0 bridgehead atoms. The van der Waals surface area contributed by atoms with Gasteiger partial charge in [0.2, 0.25) is 0 Å². The van der Waals surface area contributed by atoms with Crippen LogP contribution in [0.2, 0.25) is 0 Å². The average molecular weight is 103 g/mol. The Labute approximate surface area is 43.4 Å². The highest BCUT2D eigenvalue weighted by molar-refractivity contribution is 4.67. The average Bonchev–Trinajstić information content (AvgIpc) is 1.68. The standard InChI is InChI=1S/C5H10FN/c1-3-5-7(6)4-2/h3H,1,4-5H2,2H3. The third-order valence-electron chi connectivity index (χ3n) is 0.670. The van der Waals surface area contributed by atoms with Gasteiger partial charge in [-0.1, -0.05) is 6.08 Å². The Morgan fingerprint density at radius 3 is 2.57 bits per heavy atom. The highest BCUT2D eigenvalue weighted by atomic mass is 19.2. The fraction of sp³-hybridized carbons (Fsp3) is 0.600. The number of likely N-dealkylation sites (N-methyl/N-ethyl adjacent to an activating group) is 1. The zero-order chi connectivity index (χ0) is 5.70.